The molecule has 0 amide bonds. The van der Waals surface area contributed by atoms with Crippen molar-refractivity contribution in [2.24, 2.45) is 5.73 Å². The third kappa shape index (κ3) is 2.53. The van der Waals surface area contributed by atoms with Gasteiger partial charge in [-0.05, 0) is 18.1 Å². The molecule has 15 heavy (non-hydrogen) atoms. The van der Waals surface area contributed by atoms with Crippen LogP contribution in [0.25, 0.3) is 0 Å². The van der Waals surface area contributed by atoms with E-state index in [1.54, 1.807) is 6.20 Å². The van der Waals surface area contributed by atoms with E-state index in [4.69, 9.17) is 10.8 Å². The summed E-state index contributed by atoms with van der Waals surface area (Å²) in [5.41, 5.74) is 6.79. The average molecular weight is 207 g/mol. The van der Waals surface area contributed by atoms with E-state index in [-0.39, 0.29) is 6.61 Å². The van der Waals surface area contributed by atoms with E-state index < -0.39 is 5.54 Å². The lowest BCUT2D eigenvalue weighted by Gasteiger charge is -2.21. The van der Waals surface area contributed by atoms with Crippen LogP contribution in [0.15, 0.2) is 24.5 Å². The Morgan fingerprint density at radius 2 is 2.47 bits per heavy atom. The van der Waals surface area contributed by atoms with Crippen molar-refractivity contribution in [2.45, 2.75) is 18.5 Å². The Morgan fingerprint density at radius 1 is 1.60 bits per heavy atom. The van der Waals surface area contributed by atoms with Gasteiger partial charge in [-0.3, -0.25) is 9.88 Å². The Bertz CT molecular complexity index is 317. The molecule has 0 aromatic carbocycles. The number of aliphatic hydroxyl groups is 1. The van der Waals surface area contributed by atoms with E-state index in [9.17, 15) is 0 Å². The van der Waals surface area contributed by atoms with E-state index in [2.05, 4.69) is 16.0 Å². The van der Waals surface area contributed by atoms with Crippen molar-refractivity contribution in [1.29, 1.82) is 0 Å². The highest BCUT2D eigenvalue weighted by Crippen LogP contribution is 2.19. The lowest BCUT2D eigenvalue weighted by atomic mass is 10.0. The van der Waals surface area contributed by atoms with Crippen LogP contribution in [0.5, 0.6) is 0 Å². The van der Waals surface area contributed by atoms with Crippen molar-refractivity contribution in [3.05, 3.63) is 30.1 Å². The first-order chi connectivity index (χ1) is 7.22. The number of aliphatic hydroxyl groups excluding tert-OH is 1. The van der Waals surface area contributed by atoms with Crippen molar-refractivity contribution in [3.8, 4) is 0 Å². The molecular weight excluding hydrogens is 190 g/mol. The number of aromatic nitrogens is 1. The van der Waals surface area contributed by atoms with Gasteiger partial charge in [0, 0.05) is 32.0 Å². The van der Waals surface area contributed by atoms with Gasteiger partial charge < -0.3 is 10.8 Å². The highest BCUT2D eigenvalue weighted by Gasteiger charge is 2.33. The Kier molecular flexibility index (Phi) is 3.00. The van der Waals surface area contributed by atoms with E-state index in [0.29, 0.717) is 0 Å². The van der Waals surface area contributed by atoms with Gasteiger partial charge >= 0.3 is 0 Å². The zero-order valence-electron chi connectivity index (χ0n) is 8.76. The summed E-state index contributed by atoms with van der Waals surface area (Å²) in [6.07, 6.45) is 4.51. The summed E-state index contributed by atoms with van der Waals surface area (Å²) < 4.78 is 0. The highest BCUT2D eigenvalue weighted by molar-refractivity contribution is 5.09. The maximum absolute atomic E-state index is 9.15. The second-order valence-electron chi connectivity index (χ2n) is 4.34. The van der Waals surface area contributed by atoms with Gasteiger partial charge in [0.05, 0.1) is 12.1 Å². The Hall–Kier alpha value is -0.970. The minimum atomic E-state index is -0.401. The van der Waals surface area contributed by atoms with E-state index in [1.165, 1.54) is 5.56 Å². The maximum Gasteiger partial charge on any atom is 0.0624 e. The number of likely N-dealkylation sites (tertiary alicyclic amines) is 1. The van der Waals surface area contributed by atoms with Crippen molar-refractivity contribution < 1.29 is 5.11 Å². The Labute approximate surface area is 89.7 Å². The number of rotatable bonds is 3. The summed E-state index contributed by atoms with van der Waals surface area (Å²) in [5, 5.41) is 9.15. The summed E-state index contributed by atoms with van der Waals surface area (Å²) in [7, 11) is 0. The molecule has 1 atom stereocenters. The third-order valence-corrected chi connectivity index (χ3v) is 2.91. The Balaban J connectivity index is 1.93. The summed E-state index contributed by atoms with van der Waals surface area (Å²) in [6, 6.07) is 4.00. The average Bonchev–Trinajstić information content (AvgIpc) is 2.63. The number of nitrogens with zero attached hydrogens (tertiary/aromatic N) is 2. The van der Waals surface area contributed by atoms with Crippen molar-refractivity contribution in [3.63, 3.8) is 0 Å². The molecular formula is C11H17N3O. The lowest BCUT2D eigenvalue weighted by molar-refractivity contribution is 0.192. The van der Waals surface area contributed by atoms with Gasteiger partial charge in [0.15, 0.2) is 0 Å². The molecule has 82 valence electrons. The third-order valence-electron chi connectivity index (χ3n) is 2.91. The molecule has 1 unspecified atom stereocenters. The van der Waals surface area contributed by atoms with Crippen LogP contribution in [0.2, 0.25) is 0 Å². The summed E-state index contributed by atoms with van der Waals surface area (Å²) >= 11 is 0. The molecule has 4 nitrogen and oxygen atoms in total. The molecule has 0 spiro atoms. The van der Waals surface area contributed by atoms with Gasteiger partial charge in [-0.15, -0.1) is 0 Å². The van der Waals surface area contributed by atoms with Gasteiger partial charge in [-0.1, -0.05) is 6.07 Å². The summed E-state index contributed by atoms with van der Waals surface area (Å²) in [4.78, 5) is 6.33. The van der Waals surface area contributed by atoms with Gasteiger partial charge in [0.2, 0.25) is 0 Å². The molecule has 0 saturated carbocycles. The zero-order chi connectivity index (χ0) is 10.7. The fourth-order valence-electron chi connectivity index (χ4n) is 2.00. The number of hydrogen-bond donors (Lipinski definition) is 2. The highest BCUT2D eigenvalue weighted by atomic mass is 16.3. The molecule has 3 N–H and O–H groups in total. The zero-order valence-corrected chi connectivity index (χ0v) is 8.76. The molecule has 1 aliphatic heterocycles. The first kappa shape index (κ1) is 10.5. The number of hydrogen-bond acceptors (Lipinski definition) is 4. The fourth-order valence-corrected chi connectivity index (χ4v) is 2.00. The molecule has 0 bridgehead atoms. The minimum absolute atomic E-state index is 0.0660. The largest absolute Gasteiger partial charge is 0.394 e. The monoisotopic (exact) mass is 207 g/mol. The maximum atomic E-state index is 9.15. The summed E-state index contributed by atoms with van der Waals surface area (Å²) in [5.74, 6) is 0. The molecule has 2 heterocycles. The van der Waals surface area contributed by atoms with Gasteiger partial charge in [0.25, 0.3) is 0 Å². The number of nitrogens with two attached hydrogens (primary N) is 1. The second-order valence-corrected chi connectivity index (χ2v) is 4.34. The molecule has 1 aromatic heterocycles. The van der Waals surface area contributed by atoms with Crippen LogP contribution in [0.1, 0.15) is 12.0 Å². The molecule has 1 aromatic rings. The smallest absolute Gasteiger partial charge is 0.0624 e. The van der Waals surface area contributed by atoms with Crippen LogP contribution in [0, 0.1) is 0 Å². The van der Waals surface area contributed by atoms with Crippen LogP contribution < -0.4 is 5.73 Å². The van der Waals surface area contributed by atoms with Crippen LogP contribution >= 0.6 is 0 Å². The molecule has 1 saturated heterocycles. The molecule has 0 aliphatic carbocycles. The number of pyridine rings is 1. The topological polar surface area (TPSA) is 62.4 Å². The molecule has 0 radical (unpaired) electrons. The van der Waals surface area contributed by atoms with Crippen LogP contribution in [-0.4, -0.2) is 40.2 Å². The molecule has 1 aliphatic rings. The molecule has 2 rings (SSSR count). The summed E-state index contributed by atoms with van der Waals surface area (Å²) in [6.45, 7) is 2.65. The normalized spacial score (nSPS) is 27.1. The minimum Gasteiger partial charge on any atom is -0.394 e. The van der Waals surface area contributed by atoms with Crippen LogP contribution in [-0.2, 0) is 6.54 Å². The van der Waals surface area contributed by atoms with Gasteiger partial charge in [-0.25, -0.2) is 0 Å². The quantitative estimate of drug-likeness (QED) is 0.731. The van der Waals surface area contributed by atoms with E-state index in [1.807, 2.05) is 12.3 Å². The van der Waals surface area contributed by atoms with Crippen molar-refractivity contribution in [2.75, 3.05) is 19.7 Å². The molecule has 1 fully saturated rings. The van der Waals surface area contributed by atoms with Crippen molar-refractivity contribution >= 4 is 0 Å². The SMILES string of the molecule is NC1(CO)CCN(Cc2cccnc2)C1. The fraction of sp³-hybridized carbons (Fsp3) is 0.545. The van der Waals surface area contributed by atoms with E-state index >= 15 is 0 Å². The standard InChI is InChI=1S/C11H17N3O/c12-11(9-15)3-5-14(8-11)7-10-2-1-4-13-6-10/h1-2,4,6,15H,3,5,7-9,12H2. The predicted octanol–water partition coefficient (Wildman–Crippen LogP) is -0.0229. The lowest BCUT2D eigenvalue weighted by Crippen LogP contribution is -2.45. The van der Waals surface area contributed by atoms with Crippen LogP contribution in [0.4, 0.5) is 0 Å². The molecule has 4 heteroatoms. The second kappa shape index (κ2) is 4.26. The Morgan fingerprint density at radius 3 is 3.07 bits per heavy atom. The van der Waals surface area contributed by atoms with Gasteiger partial charge in [-0.2, -0.15) is 0 Å². The first-order valence-electron chi connectivity index (χ1n) is 5.23. The predicted molar refractivity (Wildman–Crippen MR) is 58.1 cm³/mol. The van der Waals surface area contributed by atoms with Crippen LogP contribution in [0.3, 0.4) is 0 Å². The first-order valence-corrected chi connectivity index (χ1v) is 5.23. The van der Waals surface area contributed by atoms with Crippen molar-refractivity contribution in [1.82, 2.24) is 9.88 Å². The van der Waals surface area contributed by atoms with E-state index in [0.717, 1.165) is 26.1 Å². The van der Waals surface area contributed by atoms with Gasteiger partial charge in [0.1, 0.15) is 0 Å².